The number of hydrogen-bond donors (Lipinski definition) is 5. The van der Waals surface area contributed by atoms with Crippen LogP contribution in [0, 0.1) is 0 Å². The van der Waals surface area contributed by atoms with Crippen LogP contribution in [0.25, 0.3) is 6.08 Å². The van der Waals surface area contributed by atoms with Crippen molar-refractivity contribution in [3.05, 3.63) is 59.2 Å². The summed E-state index contributed by atoms with van der Waals surface area (Å²) in [7, 11) is 0. The number of rotatable bonds is 5. The first-order chi connectivity index (χ1) is 11.8. The van der Waals surface area contributed by atoms with Crippen LogP contribution in [0.3, 0.4) is 0 Å². The van der Waals surface area contributed by atoms with Crippen LogP contribution in [-0.4, -0.2) is 38.3 Å². The summed E-state index contributed by atoms with van der Waals surface area (Å²) in [6.45, 7) is 0. The van der Waals surface area contributed by atoms with Crippen LogP contribution >= 0.6 is 0 Å². The van der Waals surface area contributed by atoms with Crippen molar-refractivity contribution in [2.24, 2.45) is 0 Å². The van der Waals surface area contributed by atoms with Gasteiger partial charge in [0.15, 0.2) is 0 Å². The highest BCUT2D eigenvalue weighted by atomic mass is 16.4. The smallest absolute Gasteiger partial charge is 0.341 e. The van der Waals surface area contributed by atoms with E-state index in [0.29, 0.717) is 0 Å². The molecule has 0 fully saturated rings. The number of carboxylic acid groups (broad SMARTS) is 2. The Hall–Kier alpha value is -3.81. The zero-order valence-electron chi connectivity index (χ0n) is 12.6. The molecule has 0 aliphatic rings. The van der Waals surface area contributed by atoms with Gasteiger partial charge in [0.2, 0.25) is 0 Å². The molecule has 8 heteroatoms. The molecule has 0 bridgehead atoms. The second-order valence-corrected chi connectivity index (χ2v) is 4.95. The van der Waals surface area contributed by atoms with Crippen molar-refractivity contribution in [3.63, 3.8) is 0 Å². The number of para-hydroxylation sites is 1. The summed E-state index contributed by atoms with van der Waals surface area (Å²) in [5.41, 5.74) is -0.886. The van der Waals surface area contributed by atoms with Crippen molar-refractivity contribution in [1.82, 2.24) is 0 Å². The molecule has 0 aliphatic heterocycles. The number of hydrogen-bond acceptors (Lipinski definition) is 5. The Balaban J connectivity index is 2.38. The summed E-state index contributed by atoms with van der Waals surface area (Å²) in [6.07, 6.45) is 0.945. The highest BCUT2D eigenvalue weighted by Crippen LogP contribution is 2.23. The third kappa shape index (κ3) is 4.35. The molecule has 25 heavy (non-hydrogen) atoms. The number of amides is 1. The van der Waals surface area contributed by atoms with Crippen molar-refractivity contribution in [1.29, 1.82) is 0 Å². The highest BCUT2D eigenvalue weighted by molar-refractivity contribution is 6.24. The van der Waals surface area contributed by atoms with Crippen molar-refractivity contribution in [2.75, 3.05) is 5.32 Å². The predicted molar refractivity (Wildman–Crippen MR) is 87.4 cm³/mol. The predicted octanol–water partition coefficient (Wildman–Crippen LogP) is 1.90. The third-order valence-electron chi connectivity index (χ3n) is 3.12. The minimum atomic E-state index is -1.56. The molecule has 128 valence electrons. The number of aromatic carboxylic acids is 1. The molecule has 0 unspecified atom stereocenters. The van der Waals surface area contributed by atoms with E-state index in [4.69, 9.17) is 5.11 Å². The standard InChI is InChI=1S/C17H13NO7/c19-10-5-9(6-11(20)8-10)7-13(17(24)25)15(21)18-14-4-2-1-3-12(14)16(22)23/h1-8,19-20H,(H,18,21)(H,22,23)(H,24,25). The Morgan fingerprint density at radius 3 is 2.08 bits per heavy atom. The SMILES string of the molecule is O=C(O)C(=Cc1cc(O)cc(O)c1)C(=O)Nc1ccccc1C(=O)O. The molecule has 0 saturated carbocycles. The summed E-state index contributed by atoms with van der Waals surface area (Å²) in [5.74, 6) is -4.52. The minimum absolute atomic E-state index is 0.0640. The van der Waals surface area contributed by atoms with Gasteiger partial charge in [-0.05, 0) is 35.9 Å². The van der Waals surface area contributed by atoms with Crippen LogP contribution in [0.4, 0.5) is 5.69 Å². The van der Waals surface area contributed by atoms with Gasteiger partial charge < -0.3 is 25.7 Å². The molecule has 0 spiro atoms. The number of phenols is 2. The number of carbonyl (C=O) groups excluding carboxylic acids is 1. The van der Waals surface area contributed by atoms with Gasteiger partial charge in [-0.1, -0.05) is 12.1 Å². The van der Waals surface area contributed by atoms with E-state index in [1.54, 1.807) is 0 Å². The van der Waals surface area contributed by atoms with Gasteiger partial charge in [0.05, 0.1) is 11.3 Å². The van der Waals surface area contributed by atoms with Crippen LogP contribution in [0.15, 0.2) is 48.0 Å². The van der Waals surface area contributed by atoms with Gasteiger partial charge in [0.25, 0.3) is 5.91 Å². The lowest BCUT2D eigenvalue weighted by Crippen LogP contribution is -2.21. The lowest BCUT2D eigenvalue weighted by atomic mass is 10.1. The Kier molecular flexibility index (Phi) is 5.03. The maximum Gasteiger partial charge on any atom is 0.341 e. The number of aromatic hydroxyl groups is 2. The number of nitrogens with one attached hydrogen (secondary N) is 1. The molecular formula is C17H13NO7. The second-order valence-electron chi connectivity index (χ2n) is 4.95. The first kappa shape index (κ1) is 17.5. The van der Waals surface area contributed by atoms with Gasteiger partial charge in [-0.2, -0.15) is 0 Å². The molecule has 8 nitrogen and oxygen atoms in total. The average molecular weight is 343 g/mol. The average Bonchev–Trinajstić information content (AvgIpc) is 2.51. The maximum absolute atomic E-state index is 12.2. The van der Waals surface area contributed by atoms with Crippen LogP contribution in [0.5, 0.6) is 11.5 Å². The third-order valence-corrected chi connectivity index (χ3v) is 3.12. The molecule has 0 aliphatic carbocycles. The van der Waals surface area contributed by atoms with E-state index in [0.717, 1.165) is 24.3 Å². The molecule has 0 heterocycles. The van der Waals surface area contributed by atoms with E-state index >= 15 is 0 Å². The molecule has 0 saturated heterocycles. The fraction of sp³-hybridized carbons (Fsp3) is 0. The number of carbonyl (C=O) groups is 3. The van der Waals surface area contributed by atoms with E-state index in [1.165, 1.54) is 24.3 Å². The summed E-state index contributed by atoms with van der Waals surface area (Å²) in [5, 5.41) is 39.4. The molecule has 2 rings (SSSR count). The molecule has 2 aromatic carbocycles. The second kappa shape index (κ2) is 7.18. The Morgan fingerprint density at radius 1 is 0.920 bits per heavy atom. The highest BCUT2D eigenvalue weighted by Gasteiger charge is 2.20. The van der Waals surface area contributed by atoms with Crippen molar-refractivity contribution in [2.45, 2.75) is 0 Å². The largest absolute Gasteiger partial charge is 0.508 e. The number of phenolic OH excluding ortho intramolecular Hbond substituents is 2. The Labute approximate surface area is 141 Å². The normalized spacial score (nSPS) is 11.0. The maximum atomic E-state index is 12.2. The first-order valence-electron chi connectivity index (χ1n) is 6.89. The van der Waals surface area contributed by atoms with Crippen LogP contribution < -0.4 is 5.32 Å². The van der Waals surface area contributed by atoms with Crippen molar-refractivity contribution in [3.8, 4) is 11.5 Å². The van der Waals surface area contributed by atoms with Gasteiger partial charge >= 0.3 is 11.9 Å². The minimum Gasteiger partial charge on any atom is -0.508 e. The van der Waals surface area contributed by atoms with Gasteiger partial charge in [0, 0.05) is 6.07 Å². The van der Waals surface area contributed by atoms with Crippen LogP contribution in [-0.2, 0) is 9.59 Å². The van der Waals surface area contributed by atoms with E-state index in [2.05, 4.69) is 5.32 Å². The Bertz CT molecular complexity index is 866. The molecular weight excluding hydrogens is 330 g/mol. The molecule has 5 N–H and O–H groups in total. The van der Waals surface area contributed by atoms with Crippen molar-refractivity contribution < 1.29 is 34.8 Å². The van der Waals surface area contributed by atoms with E-state index in [1.807, 2.05) is 0 Å². The summed E-state index contributed by atoms with van der Waals surface area (Å²) < 4.78 is 0. The molecule has 0 radical (unpaired) electrons. The fourth-order valence-electron chi connectivity index (χ4n) is 2.06. The molecule has 2 aromatic rings. The quantitative estimate of drug-likeness (QED) is 0.317. The summed E-state index contributed by atoms with van der Waals surface area (Å²) in [4.78, 5) is 34.7. The van der Waals surface area contributed by atoms with Crippen LogP contribution in [0.1, 0.15) is 15.9 Å². The number of anilines is 1. The first-order valence-corrected chi connectivity index (χ1v) is 6.89. The molecule has 0 atom stereocenters. The molecule has 0 aromatic heterocycles. The van der Waals surface area contributed by atoms with Gasteiger partial charge in [-0.25, -0.2) is 9.59 Å². The van der Waals surface area contributed by atoms with Gasteiger partial charge in [0.1, 0.15) is 17.1 Å². The fourth-order valence-corrected chi connectivity index (χ4v) is 2.06. The van der Waals surface area contributed by atoms with E-state index in [-0.39, 0.29) is 28.3 Å². The topological polar surface area (TPSA) is 144 Å². The zero-order valence-corrected chi connectivity index (χ0v) is 12.6. The lowest BCUT2D eigenvalue weighted by molar-refractivity contribution is -0.134. The summed E-state index contributed by atoms with van der Waals surface area (Å²) >= 11 is 0. The van der Waals surface area contributed by atoms with Crippen molar-refractivity contribution >= 4 is 29.6 Å². The van der Waals surface area contributed by atoms with Crippen LogP contribution in [0.2, 0.25) is 0 Å². The number of benzene rings is 2. The Morgan fingerprint density at radius 2 is 1.52 bits per heavy atom. The zero-order chi connectivity index (χ0) is 18.6. The monoisotopic (exact) mass is 343 g/mol. The molecule has 1 amide bonds. The van der Waals surface area contributed by atoms with Gasteiger partial charge in [-0.15, -0.1) is 0 Å². The number of aliphatic carboxylic acids is 1. The lowest BCUT2D eigenvalue weighted by Gasteiger charge is -2.09. The van der Waals surface area contributed by atoms with E-state index in [9.17, 15) is 29.7 Å². The van der Waals surface area contributed by atoms with Gasteiger partial charge in [-0.3, -0.25) is 4.79 Å². The number of carboxylic acids is 2. The summed E-state index contributed by atoms with van der Waals surface area (Å²) in [6, 6.07) is 8.88. The van der Waals surface area contributed by atoms with E-state index < -0.39 is 23.4 Å².